The Kier molecular flexibility index (Phi) is 5.64. The fraction of sp³-hybridized carbons (Fsp3) is 0.500. The van der Waals surface area contributed by atoms with E-state index in [1.165, 1.54) is 7.11 Å². The van der Waals surface area contributed by atoms with E-state index in [-0.39, 0.29) is 6.61 Å². The van der Waals surface area contributed by atoms with Gasteiger partial charge >= 0.3 is 5.97 Å². The summed E-state index contributed by atoms with van der Waals surface area (Å²) in [5.74, 6) is 1.12. The average molecular weight is 283 g/mol. The van der Waals surface area contributed by atoms with Crippen molar-refractivity contribution >= 4 is 5.97 Å². The first kappa shape index (κ1) is 16.1. The van der Waals surface area contributed by atoms with Gasteiger partial charge in [0.1, 0.15) is 5.54 Å². The predicted molar refractivity (Wildman–Crippen MR) is 74.3 cm³/mol. The molecule has 0 fully saturated rings. The highest BCUT2D eigenvalue weighted by Gasteiger charge is 2.29. The van der Waals surface area contributed by atoms with E-state index in [9.17, 15) is 4.79 Å². The molecule has 2 N–H and O–H groups in total. The number of hydrogen-bond donors (Lipinski definition) is 1. The van der Waals surface area contributed by atoms with Gasteiger partial charge in [0.05, 0.1) is 27.9 Å². The predicted octanol–water partition coefficient (Wildman–Crippen LogP) is 1.36. The summed E-state index contributed by atoms with van der Waals surface area (Å²) in [5, 5.41) is 0. The molecule has 0 aliphatic heterocycles. The lowest BCUT2D eigenvalue weighted by atomic mass is 10.0. The molecule has 1 aromatic rings. The van der Waals surface area contributed by atoms with E-state index < -0.39 is 11.5 Å². The first-order valence-corrected chi connectivity index (χ1v) is 6.17. The summed E-state index contributed by atoms with van der Waals surface area (Å²) in [4.78, 5) is 11.5. The van der Waals surface area contributed by atoms with Gasteiger partial charge < -0.3 is 24.7 Å². The van der Waals surface area contributed by atoms with Crippen LogP contribution < -0.4 is 19.9 Å². The Labute approximate surface area is 118 Å². The number of ether oxygens (including phenoxy) is 4. The van der Waals surface area contributed by atoms with E-state index in [1.54, 1.807) is 39.3 Å². The van der Waals surface area contributed by atoms with E-state index in [0.717, 1.165) is 0 Å². The van der Waals surface area contributed by atoms with Crippen LogP contribution in [0, 0.1) is 0 Å². The van der Waals surface area contributed by atoms with E-state index in [0.29, 0.717) is 23.7 Å². The smallest absolute Gasteiger partial charge is 0.325 e. The monoisotopic (exact) mass is 283 g/mol. The molecular formula is C14H21NO5. The second-order valence-corrected chi connectivity index (χ2v) is 4.50. The summed E-state index contributed by atoms with van der Waals surface area (Å²) in [7, 11) is 4.39. The molecule has 6 heteroatoms. The minimum absolute atomic E-state index is 0.235. The number of nitrogens with two attached hydrogens (primary N) is 1. The highest BCUT2D eigenvalue weighted by atomic mass is 16.5. The van der Waals surface area contributed by atoms with Crippen molar-refractivity contribution in [2.45, 2.75) is 18.9 Å². The maximum atomic E-state index is 11.5. The average Bonchev–Trinajstić information content (AvgIpc) is 2.46. The molecule has 1 atom stereocenters. The van der Waals surface area contributed by atoms with Crippen LogP contribution in [0.4, 0.5) is 0 Å². The van der Waals surface area contributed by atoms with Crippen LogP contribution in [0.25, 0.3) is 0 Å². The number of para-hydroxylation sites is 1. The van der Waals surface area contributed by atoms with Crippen LogP contribution in [-0.2, 0) is 9.53 Å². The van der Waals surface area contributed by atoms with Gasteiger partial charge in [0.2, 0.25) is 5.75 Å². The SMILES string of the molecule is COC(=O)C(C)(N)CCOc1c(OC)cccc1OC. The summed E-state index contributed by atoms with van der Waals surface area (Å²) in [6.45, 7) is 1.83. The van der Waals surface area contributed by atoms with Crippen molar-refractivity contribution in [3.8, 4) is 17.2 Å². The number of carbonyl (C=O) groups is 1. The minimum Gasteiger partial charge on any atom is -0.493 e. The fourth-order valence-corrected chi connectivity index (χ4v) is 1.66. The zero-order chi connectivity index (χ0) is 15.2. The van der Waals surface area contributed by atoms with Crippen LogP contribution in [0.3, 0.4) is 0 Å². The summed E-state index contributed by atoms with van der Waals surface area (Å²) >= 11 is 0. The second kappa shape index (κ2) is 7.00. The first-order valence-electron chi connectivity index (χ1n) is 6.17. The van der Waals surface area contributed by atoms with Crippen molar-refractivity contribution in [2.75, 3.05) is 27.9 Å². The number of rotatable bonds is 7. The molecule has 6 nitrogen and oxygen atoms in total. The van der Waals surface area contributed by atoms with Crippen LogP contribution in [0.2, 0.25) is 0 Å². The quantitative estimate of drug-likeness (QED) is 0.761. The lowest BCUT2D eigenvalue weighted by molar-refractivity contribution is -0.146. The third-order valence-corrected chi connectivity index (χ3v) is 2.90. The van der Waals surface area contributed by atoms with Crippen molar-refractivity contribution in [3.63, 3.8) is 0 Å². The summed E-state index contributed by atoms with van der Waals surface area (Å²) in [5.41, 5.74) is 4.77. The Hall–Kier alpha value is -1.95. The van der Waals surface area contributed by atoms with Gasteiger partial charge in [0.15, 0.2) is 11.5 Å². The Morgan fingerprint density at radius 1 is 1.20 bits per heavy atom. The van der Waals surface area contributed by atoms with Gasteiger partial charge in [-0.15, -0.1) is 0 Å². The van der Waals surface area contributed by atoms with Gasteiger partial charge in [-0.25, -0.2) is 0 Å². The molecule has 0 spiro atoms. The highest BCUT2D eigenvalue weighted by molar-refractivity contribution is 5.79. The molecule has 1 rings (SSSR count). The first-order chi connectivity index (χ1) is 9.46. The second-order valence-electron chi connectivity index (χ2n) is 4.50. The molecule has 0 heterocycles. The zero-order valence-corrected chi connectivity index (χ0v) is 12.3. The van der Waals surface area contributed by atoms with E-state index in [2.05, 4.69) is 4.74 Å². The number of methoxy groups -OCH3 is 3. The molecule has 0 radical (unpaired) electrons. The van der Waals surface area contributed by atoms with Crippen LogP contribution in [0.1, 0.15) is 13.3 Å². The van der Waals surface area contributed by atoms with Crippen molar-refractivity contribution < 1.29 is 23.7 Å². The molecule has 0 bridgehead atoms. The van der Waals surface area contributed by atoms with Crippen molar-refractivity contribution in [1.82, 2.24) is 0 Å². The Balaban J connectivity index is 2.73. The molecule has 0 aromatic heterocycles. The largest absolute Gasteiger partial charge is 0.493 e. The molecule has 20 heavy (non-hydrogen) atoms. The van der Waals surface area contributed by atoms with E-state index in [1.807, 2.05) is 0 Å². The maximum Gasteiger partial charge on any atom is 0.325 e. The maximum absolute atomic E-state index is 11.5. The van der Waals surface area contributed by atoms with E-state index >= 15 is 0 Å². The van der Waals surface area contributed by atoms with Gasteiger partial charge in [0.25, 0.3) is 0 Å². The fourth-order valence-electron chi connectivity index (χ4n) is 1.66. The van der Waals surface area contributed by atoms with Crippen LogP contribution in [-0.4, -0.2) is 39.4 Å². The lowest BCUT2D eigenvalue weighted by Crippen LogP contribution is -2.46. The van der Waals surface area contributed by atoms with Crippen molar-refractivity contribution in [1.29, 1.82) is 0 Å². The zero-order valence-electron chi connectivity index (χ0n) is 12.3. The minimum atomic E-state index is -1.09. The summed E-state index contributed by atoms with van der Waals surface area (Å²) in [6.07, 6.45) is 0.306. The Morgan fingerprint density at radius 3 is 2.20 bits per heavy atom. The number of esters is 1. The molecule has 0 saturated heterocycles. The normalized spacial score (nSPS) is 13.2. The van der Waals surface area contributed by atoms with Crippen molar-refractivity contribution in [2.24, 2.45) is 5.73 Å². The standard InChI is InChI=1S/C14H21NO5/c1-14(15,13(16)19-4)8-9-20-12-10(17-2)6-5-7-11(12)18-3/h5-7H,8-9,15H2,1-4H3. The molecule has 1 unspecified atom stereocenters. The molecule has 0 amide bonds. The Morgan fingerprint density at radius 2 is 1.75 bits per heavy atom. The van der Waals surface area contributed by atoms with E-state index in [4.69, 9.17) is 19.9 Å². The van der Waals surface area contributed by atoms with Gasteiger partial charge in [0, 0.05) is 6.42 Å². The van der Waals surface area contributed by atoms with Crippen LogP contribution >= 0.6 is 0 Å². The molecule has 112 valence electrons. The molecule has 1 aromatic carbocycles. The number of hydrogen-bond acceptors (Lipinski definition) is 6. The molecular weight excluding hydrogens is 262 g/mol. The third-order valence-electron chi connectivity index (χ3n) is 2.90. The number of carbonyl (C=O) groups excluding carboxylic acids is 1. The third kappa shape index (κ3) is 3.77. The van der Waals surface area contributed by atoms with Gasteiger partial charge in [-0.05, 0) is 19.1 Å². The molecule has 0 saturated carbocycles. The highest BCUT2D eigenvalue weighted by Crippen LogP contribution is 2.36. The molecule has 0 aliphatic carbocycles. The lowest BCUT2D eigenvalue weighted by Gasteiger charge is -2.22. The van der Waals surface area contributed by atoms with Gasteiger partial charge in [-0.2, -0.15) is 0 Å². The number of benzene rings is 1. The summed E-state index contributed by atoms with van der Waals surface area (Å²) < 4.78 is 20.7. The van der Waals surface area contributed by atoms with Crippen LogP contribution in [0.5, 0.6) is 17.2 Å². The Bertz CT molecular complexity index is 437. The van der Waals surface area contributed by atoms with Gasteiger partial charge in [-0.3, -0.25) is 4.79 Å². The van der Waals surface area contributed by atoms with Crippen LogP contribution in [0.15, 0.2) is 18.2 Å². The van der Waals surface area contributed by atoms with Gasteiger partial charge in [-0.1, -0.05) is 6.07 Å². The van der Waals surface area contributed by atoms with Crippen molar-refractivity contribution in [3.05, 3.63) is 18.2 Å². The summed E-state index contributed by atoms with van der Waals surface area (Å²) in [6, 6.07) is 5.33. The topological polar surface area (TPSA) is 80.0 Å². The molecule has 0 aliphatic rings.